The van der Waals surface area contributed by atoms with Crippen LogP contribution in [0.4, 0.5) is 0 Å². The molecule has 1 aromatic carbocycles. The van der Waals surface area contributed by atoms with Gasteiger partial charge in [0.1, 0.15) is 0 Å². The molecule has 0 aliphatic carbocycles. The van der Waals surface area contributed by atoms with Crippen molar-refractivity contribution in [3.05, 3.63) is 35.2 Å². The fraction of sp³-hybridized carbons (Fsp3) is 0.200. The Bertz CT molecular complexity index is 389. The SMILES string of the molecule is CC(Cl)c1cccc2sccc12. The predicted molar refractivity (Wildman–Crippen MR) is 56.1 cm³/mol. The first-order chi connectivity index (χ1) is 5.79. The largest absolute Gasteiger partial charge is 0.144 e. The van der Waals surface area contributed by atoms with Crippen molar-refractivity contribution in [3.63, 3.8) is 0 Å². The van der Waals surface area contributed by atoms with Crippen molar-refractivity contribution < 1.29 is 0 Å². The Morgan fingerprint density at radius 1 is 1.33 bits per heavy atom. The first-order valence-electron chi connectivity index (χ1n) is 3.89. The quantitative estimate of drug-likeness (QED) is 0.600. The van der Waals surface area contributed by atoms with Gasteiger partial charge in [-0.25, -0.2) is 0 Å². The minimum Gasteiger partial charge on any atom is -0.144 e. The summed E-state index contributed by atoms with van der Waals surface area (Å²) in [6, 6.07) is 8.41. The Labute approximate surface area is 80.8 Å². The maximum atomic E-state index is 6.04. The molecule has 1 heterocycles. The first kappa shape index (κ1) is 8.09. The Morgan fingerprint density at radius 3 is 2.92 bits per heavy atom. The molecule has 0 saturated heterocycles. The smallest absolute Gasteiger partial charge is 0.0563 e. The number of fused-ring (bicyclic) bond motifs is 1. The Balaban J connectivity index is 2.73. The molecule has 0 saturated carbocycles. The van der Waals surface area contributed by atoms with Gasteiger partial charge in [0.05, 0.1) is 5.38 Å². The molecule has 0 nitrogen and oxygen atoms in total. The Kier molecular flexibility index (Phi) is 2.07. The highest BCUT2D eigenvalue weighted by atomic mass is 35.5. The van der Waals surface area contributed by atoms with Crippen LogP contribution in [0, 0.1) is 0 Å². The zero-order valence-electron chi connectivity index (χ0n) is 6.75. The molecule has 0 N–H and O–H groups in total. The van der Waals surface area contributed by atoms with Gasteiger partial charge in [-0.15, -0.1) is 22.9 Å². The lowest BCUT2D eigenvalue weighted by molar-refractivity contribution is 1.10. The van der Waals surface area contributed by atoms with Gasteiger partial charge in [-0.05, 0) is 35.4 Å². The number of thiophene rings is 1. The average Bonchev–Trinajstić information content (AvgIpc) is 2.49. The fourth-order valence-corrected chi connectivity index (χ4v) is 2.38. The summed E-state index contributed by atoms with van der Waals surface area (Å²) in [5.74, 6) is 0. The highest BCUT2D eigenvalue weighted by molar-refractivity contribution is 7.17. The normalized spacial score (nSPS) is 13.5. The van der Waals surface area contributed by atoms with E-state index in [-0.39, 0.29) is 5.38 Å². The number of rotatable bonds is 1. The first-order valence-corrected chi connectivity index (χ1v) is 5.21. The molecule has 0 bridgehead atoms. The summed E-state index contributed by atoms with van der Waals surface area (Å²) in [4.78, 5) is 0. The lowest BCUT2D eigenvalue weighted by Crippen LogP contribution is -1.83. The molecule has 1 unspecified atom stereocenters. The molecule has 0 radical (unpaired) electrons. The van der Waals surface area contributed by atoms with E-state index in [0.717, 1.165) is 0 Å². The van der Waals surface area contributed by atoms with Gasteiger partial charge in [0.15, 0.2) is 0 Å². The second-order valence-electron chi connectivity index (χ2n) is 2.80. The molecule has 0 amide bonds. The van der Waals surface area contributed by atoms with Crippen molar-refractivity contribution in [2.75, 3.05) is 0 Å². The summed E-state index contributed by atoms with van der Waals surface area (Å²) in [6.45, 7) is 2.01. The molecule has 0 spiro atoms. The maximum absolute atomic E-state index is 6.04. The summed E-state index contributed by atoms with van der Waals surface area (Å²) in [5, 5.41) is 3.50. The molecule has 2 rings (SSSR count). The van der Waals surface area contributed by atoms with Crippen LogP contribution >= 0.6 is 22.9 Å². The van der Waals surface area contributed by atoms with E-state index in [4.69, 9.17) is 11.6 Å². The summed E-state index contributed by atoms with van der Waals surface area (Å²) in [5.41, 5.74) is 1.23. The Hall–Kier alpha value is -0.530. The van der Waals surface area contributed by atoms with Gasteiger partial charge in [0.25, 0.3) is 0 Å². The second kappa shape index (κ2) is 3.08. The van der Waals surface area contributed by atoms with Gasteiger partial charge in [0, 0.05) is 4.70 Å². The van der Waals surface area contributed by atoms with Crippen molar-refractivity contribution in [1.82, 2.24) is 0 Å². The molecule has 2 heteroatoms. The third-order valence-electron chi connectivity index (χ3n) is 1.96. The van der Waals surface area contributed by atoms with Crippen LogP contribution in [-0.4, -0.2) is 0 Å². The van der Waals surface area contributed by atoms with Crippen LogP contribution in [0.25, 0.3) is 10.1 Å². The van der Waals surface area contributed by atoms with Crippen molar-refractivity contribution >= 4 is 33.0 Å². The zero-order valence-corrected chi connectivity index (χ0v) is 8.32. The highest BCUT2D eigenvalue weighted by Crippen LogP contribution is 2.30. The van der Waals surface area contributed by atoms with Crippen LogP contribution in [0.1, 0.15) is 17.9 Å². The number of hydrogen-bond donors (Lipinski definition) is 0. The number of hydrogen-bond acceptors (Lipinski definition) is 1. The highest BCUT2D eigenvalue weighted by Gasteiger charge is 2.05. The fourth-order valence-electron chi connectivity index (χ4n) is 1.36. The van der Waals surface area contributed by atoms with Crippen LogP contribution < -0.4 is 0 Å². The standard InChI is InChI=1S/C10H9ClS/c1-7(11)8-3-2-4-10-9(8)5-6-12-10/h2-7H,1H3. The third-order valence-corrected chi connectivity index (χ3v) is 3.08. The van der Waals surface area contributed by atoms with E-state index in [0.29, 0.717) is 0 Å². The van der Waals surface area contributed by atoms with Gasteiger partial charge in [-0.2, -0.15) is 0 Å². The van der Waals surface area contributed by atoms with E-state index in [1.165, 1.54) is 15.6 Å². The molecule has 62 valence electrons. The number of benzene rings is 1. The molecule has 0 aliphatic rings. The summed E-state index contributed by atoms with van der Waals surface area (Å²) < 4.78 is 1.32. The van der Waals surface area contributed by atoms with Crippen molar-refractivity contribution in [2.45, 2.75) is 12.3 Å². The van der Waals surface area contributed by atoms with Crippen molar-refractivity contribution in [1.29, 1.82) is 0 Å². The lowest BCUT2D eigenvalue weighted by atomic mass is 10.1. The molecule has 0 fully saturated rings. The minimum absolute atomic E-state index is 0.100. The summed E-state index contributed by atoms with van der Waals surface area (Å²) >= 11 is 7.80. The van der Waals surface area contributed by atoms with E-state index in [2.05, 4.69) is 29.6 Å². The monoisotopic (exact) mass is 196 g/mol. The molecule has 0 aliphatic heterocycles. The molecule has 12 heavy (non-hydrogen) atoms. The van der Waals surface area contributed by atoms with Crippen LogP contribution in [0.3, 0.4) is 0 Å². The molecular weight excluding hydrogens is 188 g/mol. The van der Waals surface area contributed by atoms with E-state index in [1.807, 2.05) is 6.92 Å². The second-order valence-corrected chi connectivity index (χ2v) is 4.40. The van der Waals surface area contributed by atoms with Crippen LogP contribution in [-0.2, 0) is 0 Å². The summed E-state index contributed by atoms with van der Waals surface area (Å²) in [7, 11) is 0. The van der Waals surface area contributed by atoms with Gasteiger partial charge in [-0.1, -0.05) is 12.1 Å². The van der Waals surface area contributed by atoms with Gasteiger partial charge in [0.2, 0.25) is 0 Å². The average molecular weight is 197 g/mol. The van der Waals surface area contributed by atoms with E-state index in [1.54, 1.807) is 11.3 Å². The predicted octanol–water partition coefficient (Wildman–Crippen LogP) is 4.20. The van der Waals surface area contributed by atoms with Crippen LogP contribution in [0.15, 0.2) is 29.6 Å². The van der Waals surface area contributed by atoms with Crippen LogP contribution in [0.5, 0.6) is 0 Å². The zero-order chi connectivity index (χ0) is 8.55. The van der Waals surface area contributed by atoms with Gasteiger partial charge in [-0.3, -0.25) is 0 Å². The van der Waals surface area contributed by atoms with Gasteiger partial charge < -0.3 is 0 Å². The number of alkyl halides is 1. The van der Waals surface area contributed by atoms with E-state index in [9.17, 15) is 0 Å². The lowest BCUT2D eigenvalue weighted by Gasteiger charge is -2.03. The third kappa shape index (κ3) is 1.23. The minimum atomic E-state index is 0.100. The maximum Gasteiger partial charge on any atom is 0.0563 e. The van der Waals surface area contributed by atoms with Gasteiger partial charge >= 0.3 is 0 Å². The Morgan fingerprint density at radius 2 is 2.17 bits per heavy atom. The van der Waals surface area contributed by atoms with E-state index < -0.39 is 0 Å². The number of halogens is 1. The van der Waals surface area contributed by atoms with Crippen molar-refractivity contribution in [3.8, 4) is 0 Å². The molecule has 1 atom stereocenters. The molecular formula is C10H9ClS. The summed E-state index contributed by atoms with van der Waals surface area (Å²) in [6.07, 6.45) is 0. The molecule has 2 aromatic rings. The topological polar surface area (TPSA) is 0 Å². The van der Waals surface area contributed by atoms with Crippen LogP contribution in [0.2, 0.25) is 0 Å². The van der Waals surface area contributed by atoms with E-state index >= 15 is 0 Å². The van der Waals surface area contributed by atoms with Crippen molar-refractivity contribution in [2.24, 2.45) is 0 Å². The molecule has 1 aromatic heterocycles.